The lowest BCUT2D eigenvalue weighted by atomic mass is 9.91. The lowest BCUT2D eigenvalue weighted by molar-refractivity contribution is 0.357. The number of benzene rings is 2. The van der Waals surface area contributed by atoms with Crippen LogP contribution in [0.4, 0.5) is 11.4 Å². The SMILES string of the molecule is Cc1ccc(C)c(-n2c(C)cc([C@@H]3[C@H](c4ccccn4)NC(=S)N3c3ccc(N4C[C@H](C)C[C@@H](C)C4)c(Cl)c3)c2C)c1. The number of halogens is 1. The molecule has 4 aromatic rings. The number of anilines is 2. The van der Waals surface area contributed by atoms with Gasteiger partial charge >= 0.3 is 0 Å². The third kappa shape index (κ3) is 5.20. The van der Waals surface area contributed by atoms with Gasteiger partial charge in [-0.05, 0) is 117 Å². The maximum Gasteiger partial charge on any atom is 0.174 e. The molecule has 1 N–H and O–H groups in total. The van der Waals surface area contributed by atoms with E-state index in [1.165, 1.54) is 40.2 Å². The molecule has 4 heterocycles. The number of nitrogens with zero attached hydrogens (tertiary/aromatic N) is 4. The number of piperidine rings is 1. The zero-order chi connectivity index (χ0) is 29.7. The van der Waals surface area contributed by atoms with Gasteiger partial charge in [-0.2, -0.15) is 0 Å². The van der Waals surface area contributed by atoms with Crippen molar-refractivity contribution in [1.82, 2.24) is 14.9 Å². The quantitative estimate of drug-likeness (QED) is 0.234. The fourth-order valence-corrected chi connectivity index (χ4v) is 7.77. The summed E-state index contributed by atoms with van der Waals surface area (Å²) in [5.74, 6) is 1.30. The average molecular weight is 598 g/mol. The zero-order valence-electron chi connectivity index (χ0n) is 25.4. The first-order valence-electron chi connectivity index (χ1n) is 14.9. The number of aryl methyl sites for hydroxylation is 3. The van der Waals surface area contributed by atoms with Crippen molar-refractivity contribution in [1.29, 1.82) is 0 Å². The van der Waals surface area contributed by atoms with Gasteiger partial charge in [0.05, 0.1) is 28.5 Å². The maximum atomic E-state index is 7.06. The molecule has 4 atom stereocenters. The molecule has 2 aliphatic heterocycles. The summed E-state index contributed by atoms with van der Waals surface area (Å²) in [5.41, 5.74) is 10.4. The lowest BCUT2D eigenvalue weighted by Gasteiger charge is -2.37. The first-order chi connectivity index (χ1) is 20.1. The van der Waals surface area contributed by atoms with Crippen molar-refractivity contribution < 1.29 is 0 Å². The van der Waals surface area contributed by atoms with Crippen molar-refractivity contribution in [3.8, 4) is 5.69 Å². The number of pyridine rings is 1. The van der Waals surface area contributed by atoms with Crippen LogP contribution in [0.25, 0.3) is 5.69 Å². The van der Waals surface area contributed by atoms with Gasteiger partial charge in [0, 0.05) is 42.0 Å². The molecule has 0 spiro atoms. The van der Waals surface area contributed by atoms with E-state index in [2.05, 4.69) is 110 Å². The van der Waals surface area contributed by atoms with Gasteiger partial charge < -0.3 is 19.7 Å². The van der Waals surface area contributed by atoms with E-state index >= 15 is 0 Å². The second-order valence-electron chi connectivity index (χ2n) is 12.4. The third-order valence-corrected chi connectivity index (χ3v) is 9.53. The van der Waals surface area contributed by atoms with Gasteiger partial charge in [0.1, 0.15) is 0 Å². The summed E-state index contributed by atoms with van der Waals surface area (Å²) in [5, 5.41) is 5.06. The van der Waals surface area contributed by atoms with Gasteiger partial charge in [-0.3, -0.25) is 4.98 Å². The maximum absolute atomic E-state index is 7.06. The molecule has 0 radical (unpaired) electrons. The van der Waals surface area contributed by atoms with Crippen LogP contribution in [0, 0.1) is 39.5 Å². The number of nitrogens with one attached hydrogen (secondary N) is 1. The Hall–Kier alpha value is -3.35. The molecule has 2 saturated heterocycles. The molecular formula is C35H40ClN5S. The molecule has 2 aromatic carbocycles. The number of rotatable bonds is 5. The van der Waals surface area contributed by atoms with Crippen LogP contribution in [-0.4, -0.2) is 27.8 Å². The average Bonchev–Trinajstić information content (AvgIpc) is 3.44. The predicted molar refractivity (Wildman–Crippen MR) is 179 cm³/mol. The van der Waals surface area contributed by atoms with E-state index < -0.39 is 0 Å². The molecule has 0 bridgehead atoms. The highest BCUT2D eigenvalue weighted by molar-refractivity contribution is 7.80. The molecule has 6 rings (SSSR count). The van der Waals surface area contributed by atoms with Crippen LogP contribution in [0.5, 0.6) is 0 Å². The first kappa shape index (κ1) is 28.8. The Balaban J connectivity index is 1.45. The molecule has 7 heteroatoms. The summed E-state index contributed by atoms with van der Waals surface area (Å²) in [6, 6.07) is 21.3. The summed E-state index contributed by atoms with van der Waals surface area (Å²) in [7, 11) is 0. The Kier molecular flexibility index (Phi) is 7.79. The fraction of sp³-hybridized carbons (Fsp3) is 0.371. The summed E-state index contributed by atoms with van der Waals surface area (Å²) in [6.07, 6.45) is 3.11. The zero-order valence-corrected chi connectivity index (χ0v) is 26.9. The van der Waals surface area contributed by atoms with Crippen molar-refractivity contribution in [3.63, 3.8) is 0 Å². The molecule has 218 valence electrons. The van der Waals surface area contributed by atoms with Crippen LogP contribution in [-0.2, 0) is 0 Å². The number of aromatic nitrogens is 2. The minimum atomic E-state index is -0.117. The van der Waals surface area contributed by atoms with E-state index in [0.29, 0.717) is 16.9 Å². The van der Waals surface area contributed by atoms with E-state index in [-0.39, 0.29) is 12.1 Å². The summed E-state index contributed by atoms with van der Waals surface area (Å²) < 4.78 is 2.38. The monoisotopic (exact) mass is 597 g/mol. The van der Waals surface area contributed by atoms with E-state index in [1.54, 1.807) is 0 Å². The summed E-state index contributed by atoms with van der Waals surface area (Å²) >= 11 is 13.1. The van der Waals surface area contributed by atoms with E-state index in [9.17, 15) is 0 Å². The topological polar surface area (TPSA) is 36.3 Å². The largest absolute Gasteiger partial charge is 0.370 e. The van der Waals surface area contributed by atoms with Gasteiger partial charge in [0.15, 0.2) is 5.11 Å². The second kappa shape index (κ2) is 11.4. The van der Waals surface area contributed by atoms with Gasteiger partial charge in [-0.25, -0.2) is 0 Å². The molecular weight excluding hydrogens is 558 g/mol. The molecule has 0 aliphatic carbocycles. The molecule has 0 unspecified atom stereocenters. The number of hydrogen-bond acceptors (Lipinski definition) is 3. The van der Waals surface area contributed by atoms with E-state index in [1.807, 2.05) is 18.3 Å². The Morgan fingerprint density at radius 2 is 1.67 bits per heavy atom. The Labute approximate surface area is 260 Å². The number of thiocarbonyl (C=S) groups is 1. The van der Waals surface area contributed by atoms with Crippen LogP contribution in [0.15, 0.2) is 66.9 Å². The van der Waals surface area contributed by atoms with Crippen LogP contribution in [0.1, 0.15) is 66.1 Å². The standard InChI is InChI=1S/C35H40ClN5S/c1-21-10-11-24(4)32(16-21)40-25(5)17-28(26(40)6)34-33(30-9-7-8-14-37-30)38-35(42)41(34)27-12-13-31(29(36)18-27)39-19-22(2)15-23(3)20-39/h7-14,16-18,22-23,33-34H,15,19-20H2,1-6H3,(H,38,42)/t22-,23-,33+,34-/m1/s1. The van der Waals surface area contributed by atoms with Crippen LogP contribution < -0.4 is 15.1 Å². The Bertz CT molecular complexity index is 1620. The number of hydrogen-bond donors (Lipinski definition) is 1. The lowest BCUT2D eigenvalue weighted by Crippen LogP contribution is -2.38. The molecule has 2 fully saturated rings. The normalized spacial score (nSPS) is 22.5. The molecule has 5 nitrogen and oxygen atoms in total. The van der Waals surface area contributed by atoms with Gasteiger partial charge in [-0.15, -0.1) is 0 Å². The van der Waals surface area contributed by atoms with E-state index in [0.717, 1.165) is 35.2 Å². The van der Waals surface area contributed by atoms with Crippen molar-refractivity contribution >= 4 is 40.3 Å². The highest BCUT2D eigenvalue weighted by Gasteiger charge is 2.42. The predicted octanol–water partition coefficient (Wildman–Crippen LogP) is 8.42. The van der Waals surface area contributed by atoms with Gasteiger partial charge in [0.25, 0.3) is 0 Å². The second-order valence-corrected chi connectivity index (χ2v) is 13.2. The first-order valence-corrected chi connectivity index (χ1v) is 15.7. The molecule has 2 aliphatic rings. The molecule has 2 aromatic heterocycles. The van der Waals surface area contributed by atoms with Crippen molar-refractivity contribution in [3.05, 3.63) is 106 Å². The summed E-state index contributed by atoms with van der Waals surface area (Å²) in [6.45, 7) is 15.4. The summed E-state index contributed by atoms with van der Waals surface area (Å²) in [4.78, 5) is 9.44. The Morgan fingerprint density at radius 3 is 2.36 bits per heavy atom. The van der Waals surface area contributed by atoms with Gasteiger partial charge in [-0.1, -0.05) is 43.6 Å². The van der Waals surface area contributed by atoms with E-state index in [4.69, 9.17) is 28.8 Å². The van der Waals surface area contributed by atoms with Crippen LogP contribution in [0.2, 0.25) is 5.02 Å². The minimum absolute atomic E-state index is 0.102. The third-order valence-electron chi connectivity index (χ3n) is 8.91. The van der Waals surface area contributed by atoms with Crippen LogP contribution >= 0.6 is 23.8 Å². The Morgan fingerprint density at radius 1 is 0.905 bits per heavy atom. The smallest absolute Gasteiger partial charge is 0.174 e. The fourth-order valence-electron chi connectivity index (χ4n) is 7.13. The van der Waals surface area contributed by atoms with Crippen molar-refractivity contribution in [2.24, 2.45) is 11.8 Å². The van der Waals surface area contributed by atoms with Crippen molar-refractivity contribution in [2.75, 3.05) is 22.9 Å². The highest BCUT2D eigenvalue weighted by atomic mass is 35.5. The molecule has 42 heavy (non-hydrogen) atoms. The minimum Gasteiger partial charge on any atom is -0.370 e. The molecule has 0 saturated carbocycles. The van der Waals surface area contributed by atoms with Crippen LogP contribution in [0.3, 0.4) is 0 Å². The molecule has 0 amide bonds. The van der Waals surface area contributed by atoms with Gasteiger partial charge in [0.2, 0.25) is 0 Å². The highest BCUT2D eigenvalue weighted by Crippen LogP contribution is 2.45. The van der Waals surface area contributed by atoms with Crippen molar-refractivity contribution in [2.45, 2.75) is 60.0 Å².